The Hall–Kier alpha value is -1.07. The zero-order valence-electron chi connectivity index (χ0n) is 12.6. The number of sulfonamides is 1. The molecule has 21 heavy (non-hydrogen) atoms. The van der Waals surface area contributed by atoms with Crippen LogP contribution in [0.3, 0.4) is 0 Å². The fourth-order valence-electron chi connectivity index (χ4n) is 3.24. The Morgan fingerprint density at radius 3 is 2.90 bits per heavy atom. The van der Waals surface area contributed by atoms with Gasteiger partial charge in [-0.1, -0.05) is 6.92 Å². The van der Waals surface area contributed by atoms with E-state index in [4.69, 9.17) is 0 Å². The van der Waals surface area contributed by atoms with E-state index in [0.29, 0.717) is 23.9 Å². The third kappa shape index (κ3) is 3.09. The Labute approximate surface area is 127 Å². The number of benzene rings is 1. The van der Waals surface area contributed by atoms with Crippen LogP contribution in [0.1, 0.15) is 38.2 Å². The highest BCUT2D eigenvalue weighted by molar-refractivity contribution is 7.89. The van der Waals surface area contributed by atoms with Gasteiger partial charge in [0.05, 0.1) is 4.90 Å². The second-order valence-electron chi connectivity index (χ2n) is 6.29. The molecule has 0 aliphatic carbocycles. The maximum atomic E-state index is 12.8. The van der Waals surface area contributed by atoms with Gasteiger partial charge in [0.25, 0.3) is 0 Å². The molecule has 2 heterocycles. The highest BCUT2D eigenvalue weighted by atomic mass is 32.2. The molecule has 5 heteroatoms. The van der Waals surface area contributed by atoms with Gasteiger partial charge in [0.2, 0.25) is 10.0 Å². The summed E-state index contributed by atoms with van der Waals surface area (Å²) >= 11 is 0. The number of nitrogens with zero attached hydrogens (tertiary/aromatic N) is 1. The molecular formula is C16H24N2O2S. The molecule has 1 atom stereocenters. The molecule has 2 aliphatic rings. The van der Waals surface area contributed by atoms with Crippen molar-refractivity contribution < 1.29 is 8.42 Å². The maximum absolute atomic E-state index is 12.8. The van der Waals surface area contributed by atoms with E-state index in [2.05, 4.69) is 12.2 Å². The number of rotatable bonds is 2. The zero-order valence-corrected chi connectivity index (χ0v) is 13.5. The van der Waals surface area contributed by atoms with Crippen LogP contribution < -0.4 is 5.32 Å². The summed E-state index contributed by atoms with van der Waals surface area (Å²) in [6, 6.07) is 5.54. The lowest BCUT2D eigenvalue weighted by molar-refractivity contribution is 0.416. The van der Waals surface area contributed by atoms with E-state index in [1.54, 1.807) is 10.4 Å². The van der Waals surface area contributed by atoms with E-state index in [1.165, 1.54) is 0 Å². The van der Waals surface area contributed by atoms with Gasteiger partial charge in [-0.3, -0.25) is 0 Å². The van der Waals surface area contributed by atoms with Crippen LogP contribution >= 0.6 is 0 Å². The van der Waals surface area contributed by atoms with Gasteiger partial charge in [0.15, 0.2) is 0 Å². The Morgan fingerprint density at radius 2 is 2.05 bits per heavy atom. The summed E-state index contributed by atoms with van der Waals surface area (Å²) in [6.45, 7) is 4.49. The van der Waals surface area contributed by atoms with Gasteiger partial charge in [-0.25, -0.2) is 8.42 Å². The topological polar surface area (TPSA) is 49.4 Å². The molecule has 0 radical (unpaired) electrons. The van der Waals surface area contributed by atoms with Crippen molar-refractivity contribution in [2.75, 3.05) is 25.0 Å². The van der Waals surface area contributed by atoms with Crippen LogP contribution in [0.25, 0.3) is 0 Å². The van der Waals surface area contributed by atoms with Crippen molar-refractivity contribution >= 4 is 15.7 Å². The number of aryl methyl sites for hydroxylation is 1. The van der Waals surface area contributed by atoms with Crippen LogP contribution in [0, 0.1) is 5.92 Å². The lowest BCUT2D eigenvalue weighted by atomic mass is 10.0. The molecule has 4 nitrogen and oxygen atoms in total. The quantitative estimate of drug-likeness (QED) is 0.914. The second-order valence-corrected chi connectivity index (χ2v) is 8.23. The van der Waals surface area contributed by atoms with Crippen LogP contribution in [0.15, 0.2) is 23.1 Å². The summed E-state index contributed by atoms with van der Waals surface area (Å²) in [4.78, 5) is 0.458. The van der Waals surface area contributed by atoms with Crippen molar-refractivity contribution in [3.8, 4) is 0 Å². The van der Waals surface area contributed by atoms with Gasteiger partial charge in [0, 0.05) is 25.3 Å². The SMILES string of the molecule is CC1CCCN(S(=O)(=O)c2ccc3c(c2)CCCN3)CC1. The molecule has 1 unspecified atom stereocenters. The fraction of sp³-hybridized carbons (Fsp3) is 0.625. The first-order valence-electron chi connectivity index (χ1n) is 7.94. The molecule has 0 amide bonds. The second kappa shape index (κ2) is 5.97. The largest absolute Gasteiger partial charge is 0.385 e. The summed E-state index contributed by atoms with van der Waals surface area (Å²) in [5.41, 5.74) is 2.22. The molecule has 1 saturated heterocycles. The van der Waals surface area contributed by atoms with Crippen molar-refractivity contribution in [2.45, 2.75) is 43.9 Å². The molecule has 1 N–H and O–H groups in total. The van der Waals surface area contributed by atoms with Gasteiger partial charge in [-0.15, -0.1) is 0 Å². The zero-order chi connectivity index (χ0) is 14.9. The third-order valence-corrected chi connectivity index (χ3v) is 6.52. The van der Waals surface area contributed by atoms with E-state index in [1.807, 2.05) is 12.1 Å². The summed E-state index contributed by atoms with van der Waals surface area (Å²) in [5.74, 6) is 0.623. The van der Waals surface area contributed by atoms with Gasteiger partial charge < -0.3 is 5.32 Å². The average Bonchev–Trinajstić information content (AvgIpc) is 2.72. The lowest BCUT2D eigenvalue weighted by Crippen LogP contribution is -2.32. The van der Waals surface area contributed by atoms with Gasteiger partial charge in [-0.05, 0) is 61.8 Å². The summed E-state index contributed by atoms with van der Waals surface area (Å²) < 4.78 is 27.4. The Morgan fingerprint density at radius 1 is 1.19 bits per heavy atom. The van der Waals surface area contributed by atoms with E-state index < -0.39 is 10.0 Å². The average molecular weight is 308 g/mol. The van der Waals surface area contributed by atoms with Crippen molar-refractivity contribution in [3.63, 3.8) is 0 Å². The maximum Gasteiger partial charge on any atom is 0.243 e. The molecule has 116 valence electrons. The summed E-state index contributed by atoms with van der Waals surface area (Å²) in [6.07, 6.45) is 5.08. The molecule has 2 aliphatic heterocycles. The predicted octanol–water partition coefficient (Wildman–Crippen LogP) is 2.86. The highest BCUT2D eigenvalue weighted by Crippen LogP contribution is 2.28. The normalized spacial score (nSPS) is 24.0. The third-order valence-electron chi connectivity index (χ3n) is 4.63. The molecule has 1 fully saturated rings. The minimum atomic E-state index is -3.34. The van der Waals surface area contributed by atoms with Crippen LogP contribution in [0.2, 0.25) is 0 Å². The van der Waals surface area contributed by atoms with Crippen molar-refractivity contribution in [2.24, 2.45) is 5.92 Å². The Bertz CT molecular complexity index is 613. The number of anilines is 1. The molecule has 1 aromatic rings. The lowest BCUT2D eigenvalue weighted by Gasteiger charge is -2.23. The fourth-order valence-corrected chi connectivity index (χ4v) is 4.78. The first-order chi connectivity index (χ1) is 10.1. The molecule has 0 saturated carbocycles. The predicted molar refractivity (Wildman–Crippen MR) is 85.0 cm³/mol. The first kappa shape index (κ1) is 14.9. The molecular weight excluding hydrogens is 284 g/mol. The van der Waals surface area contributed by atoms with Crippen LogP contribution in [-0.4, -0.2) is 32.4 Å². The van der Waals surface area contributed by atoms with Crippen molar-refractivity contribution in [1.82, 2.24) is 4.31 Å². The Balaban J connectivity index is 1.87. The molecule has 3 rings (SSSR count). The van der Waals surface area contributed by atoms with E-state index in [0.717, 1.165) is 49.9 Å². The van der Waals surface area contributed by atoms with Crippen molar-refractivity contribution in [1.29, 1.82) is 0 Å². The number of hydrogen-bond acceptors (Lipinski definition) is 3. The van der Waals surface area contributed by atoms with Gasteiger partial charge >= 0.3 is 0 Å². The van der Waals surface area contributed by atoms with E-state index in [9.17, 15) is 8.42 Å². The molecule has 0 spiro atoms. The van der Waals surface area contributed by atoms with Crippen LogP contribution in [0.5, 0.6) is 0 Å². The summed E-state index contributed by atoms with van der Waals surface area (Å²) in [7, 11) is -3.34. The number of nitrogens with one attached hydrogen (secondary N) is 1. The molecule has 1 aromatic carbocycles. The Kier molecular flexibility index (Phi) is 4.22. The number of fused-ring (bicyclic) bond motifs is 1. The van der Waals surface area contributed by atoms with Crippen LogP contribution in [0.4, 0.5) is 5.69 Å². The number of hydrogen-bond donors (Lipinski definition) is 1. The first-order valence-corrected chi connectivity index (χ1v) is 9.38. The minimum Gasteiger partial charge on any atom is -0.385 e. The smallest absolute Gasteiger partial charge is 0.243 e. The van der Waals surface area contributed by atoms with Crippen LogP contribution in [-0.2, 0) is 16.4 Å². The van der Waals surface area contributed by atoms with Gasteiger partial charge in [-0.2, -0.15) is 4.31 Å². The van der Waals surface area contributed by atoms with E-state index >= 15 is 0 Å². The standard InChI is InChI=1S/C16H24N2O2S/c1-13-4-3-10-18(11-8-13)21(19,20)15-6-7-16-14(12-15)5-2-9-17-16/h6-7,12-13,17H,2-5,8-11H2,1H3. The molecule has 0 bridgehead atoms. The minimum absolute atomic E-state index is 0.458. The van der Waals surface area contributed by atoms with E-state index in [-0.39, 0.29) is 0 Å². The molecule has 0 aromatic heterocycles. The van der Waals surface area contributed by atoms with Crippen molar-refractivity contribution in [3.05, 3.63) is 23.8 Å². The monoisotopic (exact) mass is 308 g/mol. The van der Waals surface area contributed by atoms with Gasteiger partial charge in [0.1, 0.15) is 0 Å². The highest BCUT2D eigenvalue weighted by Gasteiger charge is 2.27. The summed E-state index contributed by atoms with van der Waals surface area (Å²) in [5, 5.41) is 3.33.